The van der Waals surface area contributed by atoms with Crippen LogP contribution in [-0.2, 0) is 9.05 Å². The molecular weight excluding hydrogens is 290 g/mol. The number of aryl methyl sites for hydroxylation is 1. The van der Waals surface area contributed by atoms with E-state index in [2.05, 4.69) is 13.8 Å². The number of rotatable bonds is 2. The Morgan fingerprint density at radius 1 is 1.47 bits per heavy atom. The van der Waals surface area contributed by atoms with E-state index in [-0.39, 0.29) is 27.7 Å². The summed E-state index contributed by atoms with van der Waals surface area (Å²) in [5.74, 6) is -0.133. The molecule has 0 bridgehead atoms. The molecule has 106 valence electrons. The minimum Gasteiger partial charge on any atom is -0.455 e. The van der Waals surface area contributed by atoms with Crippen LogP contribution in [0.15, 0.2) is 15.4 Å². The first-order chi connectivity index (χ1) is 8.60. The number of carbonyl (C=O) groups is 1. The molecule has 2 heterocycles. The standard InChI is InChI=1S/C12H16ClNO4S/c1-8-10(19(13,16)17)6-9(18-8)11(15)14-5-4-12(2,3)7-14/h6H,4-5,7H2,1-3H3. The number of carbonyl (C=O) groups excluding carboxylic acids is 1. The average Bonchev–Trinajstić information content (AvgIpc) is 2.79. The van der Waals surface area contributed by atoms with Crippen LogP contribution in [0.3, 0.4) is 0 Å². The summed E-state index contributed by atoms with van der Waals surface area (Å²) in [5, 5.41) is 0. The zero-order valence-electron chi connectivity index (χ0n) is 11.1. The zero-order valence-corrected chi connectivity index (χ0v) is 12.6. The summed E-state index contributed by atoms with van der Waals surface area (Å²) in [5.41, 5.74) is 0.0820. The molecule has 0 N–H and O–H groups in total. The molecule has 1 amide bonds. The molecule has 1 aromatic heterocycles. The molecule has 0 aromatic carbocycles. The van der Waals surface area contributed by atoms with Crippen molar-refractivity contribution in [3.63, 3.8) is 0 Å². The third-order valence-corrected chi connectivity index (χ3v) is 4.74. The predicted molar refractivity (Wildman–Crippen MR) is 70.8 cm³/mol. The quantitative estimate of drug-likeness (QED) is 0.787. The minimum absolute atomic E-state index is 0.0226. The van der Waals surface area contributed by atoms with Gasteiger partial charge in [-0.05, 0) is 18.8 Å². The lowest BCUT2D eigenvalue weighted by Crippen LogP contribution is -2.29. The summed E-state index contributed by atoms with van der Waals surface area (Å²) in [6.45, 7) is 6.92. The molecule has 0 spiro atoms. The van der Waals surface area contributed by atoms with Crippen LogP contribution in [0.4, 0.5) is 0 Å². The van der Waals surface area contributed by atoms with Crippen LogP contribution in [0.2, 0.25) is 0 Å². The fraction of sp³-hybridized carbons (Fsp3) is 0.583. The maximum atomic E-state index is 12.2. The zero-order chi connectivity index (χ0) is 14.4. The second kappa shape index (κ2) is 4.52. The van der Waals surface area contributed by atoms with E-state index >= 15 is 0 Å². The molecular formula is C12H16ClNO4S. The third-order valence-electron chi connectivity index (χ3n) is 3.31. The highest BCUT2D eigenvalue weighted by molar-refractivity contribution is 8.13. The van der Waals surface area contributed by atoms with Gasteiger partial charge in [-0.15, -0.1) is 0 Å². The van der Waals surface area contributed by atoms with Crippen molar-refractivity contribution < 1.29 is 17.6 Å². The average molecular weight is 306 g/mol. The highest BCUT2D eigenvalue weighted by Crippen LogP contribution is 2.31. The van der Waals surface area contributed by atoms with Crippen molar-refractivity contribution in [3.05, 3.63) is 17.6 Å². The monoisotopic (exact) mass is 305 g/mol. The van der Waals surface area contributed by atoms with Crippen molar-refractivity contribution in [1.82, 2.24) is 4.90 Å². The van der Waals surface area contributed by atoms with Gasteiger partial charge in [0, 0.05) is 29.8 Å². The van der Waals surface area contributed by atoms with Crippen LogP contribution < -0.4 is 0 Å². The van der Waals surface area contributed by atoms with Crippen LogP contribution >= 0.6 is 10.7 Å². The molecule has 0 atom stereocenters. The molecule has 2 rings (SSSR count). The fourth-order valence-corrected chi connectivity index (χ4v) is 3.35. The second-order valence-corrected chi connectivity index (χ2v) is 8.14. The second-order valence-electron chi connectivity index (χ2n) is 5.61. The summed E-state index contributed by atoms with van der Waals surface area (Å²) in [7, 11) is 1.39. The molecule has 7 heteroatoms. The first-order valence-electron chi connectivity index (χ1n) is 5.94. The number of furan rings is 1. The van der Waals surface area contributed by atoms with Gasteiger partial charge in [0.15, 0.2) is 5.76 Å². The Kier molecular flexibility index (Phi) is 3.43. The van der Waals surface area contributed by atoms with Crippen molar-refractivity contribution in [2.24, 2.45) is 5.41 Å². The van der Waals surface area contributed by atoms with Gasteiger partial charge in [0.2, 0.25) is 0 Å². The van der Waals surface area contributed by atoms with Gasteiger partial charge in [-0.25, -0.2) is 8.42 Å². The number of amides is 1. The molecule has 0 unspecified atom stereocenters. The fourth-order valence-electron chi connectivity index (χ4n) is 2.25. The number of nitrogens with zero attached hydrogens (tertiary/aromatic N) is 1. The summed E-state index contributed by atoms with van der Waals surface area (Å²) in [6.07, 6.45) is 0.916. The largest absolute Gasteiger partial charge is 0.455 e. The first kappa shape index (κ1) is 14.4. The Hall–Kier alpha value is -1.01. The van der Waals surface area contributed by atoms with Crippen molar-refractivity contribution >= 4 is 25.6 Å². The Labute approximate surface area is 116 Å². The molecule has 0 radical (unpaired) electrons. The number of halogens is 1. The van der Waals surface area contributed by atoms with E-state index in [0.29, 0.717) is 13.1 Å². The van der Waals surface area contributed by atoms with E-state index in [4.69, 9.17) is 15.1 Å². The number of likely N-dealkylation sites (tertiary alicyclic amines) is 1. The van der Waals surface area contributed by atoms with Crippen molar-refractivity contribution in [2.75, 3.05) is 13.1 Å². The highest BCUT2D eigenvalue weighted by Gasteiger charge is 2.34. The lowest BCUT2D eigenvalue weighted by molar-refractivity contribution is 0.0745. The van der Waals surface area contributed by atoms with E-state index in [1.165, 1.54) is 13.0 Å². The van der Waals surface area contributed by atoms with Gasteiger partial charge in [-0.2, -0.15) is 0 Å². The number of hydrogen-bond donors (Lipinski definition) is 0. The molecule has 1 aliphatic rings. The molecule has 1 fully saturated rings. The van der Waals surface area contributed by atoms with Crippen molar-refractivity contribution in [3.8, 4) is 0 Å². The summed E-state index contributed by atoms with van der Waals surface area (Å²) in [6, 6.07) is 1.20. The van der Waals surface area contributed by atoms with E-state index in [1.54, 1.807) is 4.90 Å². The first-order valence-corrected chi connectivity index (χ1v) is 8.25. The highest BCUT2D eigenvalue weighted by atomic mass is 35.7. The van der Waals surface area contributed by atoms with Gasteiger partial charge >= 0.3 is 0 Å². The van der Waals surface area contributed by atoms with Crippen LogP contribution in [-0.4, -0.2) is 32.3 Å². The lowest BCUT2D eigenvalue weighted by Gasteiger charge is -2.18. The third kappa shape index (κ3) is 2.95. The van der Waals surface area contributed by atoms with Crippen LogP contribution in [0.5, 0.6) is 0 Å². The van der Waals surface area contributed by atoms with Gasteiger partial charge in [-0.3, -0.25) is 4.79 Å². The minimum atomic E-state index is -3.88. The summed E-state index contributed by atoms with van der Waals surface area (Å²) in [4.78, 5) is 13.7. The van der Waals surface area contributed by atoms with E-state index in [0.717, 1.165) is 6.42 Å². The molecule has 1 saturated heterocycles. The summed E-state index contributed by atoms with van der Waals surface area (Å²) < 4.78 is 27.8. The Bertz CT molecular complexity index is 618. The Balaban J connectivity index is 2.27. The molecule has 0 saturated carbocycles. The van der Waals surface area contributed by atoms with Gasteiger partial charge in [-0.1, -0.05) is 13.8 Å². The lowest BCUT2D eigenvalue weighted by atomic mass is 9.93. The van der Waals surface area contributed by atoms with E-state index in [1.807, 2.05) is 0 Å². The SMILES string of the molecule is Cc1oc(C(=O)N2CCC(C)(C)C2)cc1S(=O)(=O)Cl. The van der Waals surface area contributed by atoms with Crippen molar-refractivity contribution in [2.45, 2.75) is 32.1 Å². The topological polar surface area (TPSA) is 67.6 Å². The van der Waals surface area contributed by atoms with Gasteiger partial charge in [0.1, 0.15) is 10.7 Å². The van der Waals surface area contributed by atoms with Crippen LogP contribution in [0, 0.1) is 12.3 Å². The Morgan fingerprint density at radius 3 is 2.53 bits per heavy atom. The van der Waals surface area contributed by atoms with Crippen LogP contribution in [0.25, 0.3) is 0 Å². The molecule has 19 heavy (non-hydrogen) atoms. The van der Waals surface area contributed by atoms with Gasteiger partial charge in [0.25, 0.3) is 15.0 Å². The molecule has 1 aliphatic heterocycles. The Morgan fingerprint density at radius 2 is 2.11 bits per heavy atom. The van der Waals surface area contributed by atoms with Gasteiger partial charge < -0.3 is 9.32 Å². The maximum Gasteiger partial charge on any atom is 0.289 e. The van der Waals surface area contributed by atoms with E-state index in [9.17, 15) is 13.2 Å². The molecule has 0 aliphatic carbocycles. The molecule has 5 nitrogen and oxygen atoms in total. The van der Waals surface area contributed by atoms with Crippen LogP contribution in [0.1, 0.15) is 36.6 Å². The van der Waals surface area contributed by atoms with Gasteiger partial charge in [0.05, 0.1) is 0 Å². The summed E-state index contributed by atoms with van der Waals surface area (Å²) >= 11 is 0. The number of hydrogen-bond acceptors (Lipinski definition) is 4. The van der Waals surface area contributed by atoms with Crippen molar-refractivity contribution in [1.29, 1.82) is 0 Å². The molecule has 1 aromatic rings. The maximum absolute atomic E-state index is 12.2. The predicted octanol–water partition coefficient (Wildman–Crippen LogP) is 2.39. The normalized spacial score (nSPS) is 18.8. The van der Waals surface area contributed by atoms with E-state index < -0.39 is 9.05 Å². The smallest absolute Gasteiger partial charge is 0.289 e.